The molecule has 4 heteroatoms. The van der Waals surface area contributed by atoms with E-state index in [0.29, 0.717) is 17.1 Å². The van der Waals surface area contributed by atoms with E-state index in [2.05, 4.69) is 6.92 Å². The van der Waals surface area contributed by atoms with Gasteiger partial charge >= 0.3 is 0 Å². The summed E-state index contributed by atoms with van der Waals surface area (Å²) in [6.45, 7) is 2.08. The van der Waals surface area contributed by atoms with Crippen LogP contribution in [-0.4, -0.2) is 27.1 Å². The number of carbonyl (C=O) groups excluding carboxylic acids is 1. The molecule has 130 valence electrons. The van der Waals surface area contributed by atoms with Crippen molar-refractivity contribution in [3.05, 3.63) is 58.7 Å². The van der Waals surface area contributed by atoms with Crippen molar-refractivity contribution in [3.8, 4) is 17.2 Å². The summed E-state index contributed by atoms with van der Waals surface area (Å²) in [4.78, 5) is 13.0. The molecule has 4 nitrogen and oxygen atoms in total. The van der Waals surface area contributed by atoms with Crippen LogP contribution in [-0.2, 0) is 0 Å². The van der Waals surface area contributed by atoms with Crippen molar-refractivity contribution in [2.75, 3.05) is 21.3 Å². The molecular weight excluding hydrogens is 316 g/mol. The maximum atomic E-state index is 13.0. The first kappa shape index (κ1) is 17.1. The molecule has 1 aliphatic carbocycles. The van der Waals surface area contributed by atoms with Gasteiger partial charge in [-0.15, -0.1) is 0 Å². The molecule has 0 saturated carbocycles. The quantitative estimate of drug-likeness (QED) is 0.777. The Morgan fingerprint density at radius 2 is 1.56 bits per heavy atom. The van der Waals surface area contributed by atoms with Crippen LogP contribution in [0.3, 0.4) is 0 Å². The number of benzene rings is 2. The lowest BCUT2D eigenvalue weighted by atomic mass is 9.95. The Bertz CT molecular complexity index is 832. The maximum absolute atomic E-state index is 13.0. The fraction of sp³-hybridized carbons (Fsp3) is 0.286. The zero-order valence-electron chi connectivity index (χ0n) is 15.0. The molecule has 25 heavy (non-hydrogen) atoms. The number of hydrogen-bond acceptors (Lipinski definition) is 4. The monoisotopic (exact) mass is 338 g/mol. The van der Waals surface area contributed by atoms with Gasteiger partial charge in [0.15, 0.2) is 5.78 Å². The number of fused-ring (bicyclic) bond motifs is 1. The second-order valence-corrected chi connectivity index (χ2v) is 5.91. The Hall–Kier alpha value is -2.75. The molecule has 0 radical (unpaired) electrons. The normalized spacial score (nSPS) is 13.0. The number of allylic oxidation sites excluding steroid dienone is 1. The van der Waals surface area contributed by atoms with E-state index in [-0.39, 0.29) is 5.78 Å². The number of methoxy groups -OCH3 is 3. The molecule has 0 spiro atoms. The predicted octanol–water partition coefficient (Wildman–Crippen LogP) is 4.51. The van der Waals surface area contributed by atoms with Crippen LogP contribution in [0.25, 0.3) is 5.57 Å². The minimum Gasteiger partial charge on any atom is -0.497 e. The summed E-state index contributed by atoms with van der Waals surface area (Å²) < 4.78 is 16.2. The third-order valence-corrected chi connectivity index (χ3v) is 4.48. The molecule has 2 aromatic rings. The average Bonchev–Trinajstić information content (AvgIpc) is 2.93. The van der Waals surface area contributed by atoms with Gasteiger partial charge in [0.1, 0.15) is 17.2 Å². The lowest BCUT2D eigenvalue weighted by Crippen LogP contribution is -2.00. The van der Waals surface area contributed by atoms with Crippen molar-refractivity contribution >= 4 is 11.4 Å². The third-order valence-electron chi connectivity index (χ3n) is 4.48. The molecular formula is C21H22O4. The largest absolute Gasteiger partial charge is 0.497 e. The Balaban J connectivity index is 2.25. The first-order chi connectivity index (χ1) is 12.1. The highest BCUT2D eigenvalue weighted by molar-refractivity contribution is 6.23. The molecule has 0 saturated heterocycles. The molecule has 0 amide bonds. The molecule has 0 bridgehead atoms. The van der Waals surface area contributed by atoms with Crippen LogP contribution in [0.4, 0.5) is 0 Å². The summed E-state index contributed by atoms with van der Waals surface area (Å²) in [7, 11) is 4.84. The number of Topliss-reactive ketones (excluding diaryl/α,β-unsaturated/α-hetero) is 1. The van der Waals surface area contributed by atoms with Crippen LogP contribution in [0.5, 0.6) is 17.2 Å². The van der Waals surface area contributed by atoms with Gasteiger partial charge in [0.2, 0.25) is 0 Å². The van der Waals surface area contributed by atoms with E-state index in [4.69, 9.17) is 14.2 Å². The highest BCUT2D eigenvalue weighted by Gasteiger charge is 2.33. The standard InChI is InChI=1S/C21H22O4/c1-5-6-16-19(13-7-9-14(23-2)10-8-13)20-17(21(16)22)11-15(24-3)12-18(20)25-4/h7-12H,5-6H2,1-4H3. The van der Waals surface area contributed by atoms with Crippen molar-refractivity contribution in [2.45, 2.75) is 19.8 Å². The zero-order chi connectivity index (χ0) is 18.0. The van der Waals surface area contributed by atoms with Crippen molar-refractivity contribution in [1.82, 2.24) is 0 Å². The van der Waals surface area contributed by atoms with E-state index < -0.39 is 0 Å². The number of ether oxygens (including phenoxy) is 3. The van der Waals surface area contributed by atoms with E-state index in [1.165, 1.54) is 0 Å². The molecule has 0 N–H and O–H groups in total. The molecule has 0 aromatic heterocycles. The second-order valence-electron chi connectivity index (χ2n) is 5.91. The minimum atomic E-state index is 0.0554. The Morgan fingerprint density at radius 1 is 0.880 bits per heavy atom. The zero-order valence-corrected chi connectivity index (χ0v) is 15.0. The Kier molecular flexibility index (Phi) is 4.79. The van der Waals surface area contributed by atoms with Crippen molar-refractivity contribution in [1.29, 1.82) is 0 Å². The highest BCUT2D eigenvalue weighted by Crippen LogP contribution is 2.46. The summed E-state index contributed by atoms with van der Waals surface area (Å²) in [5.41, 5.74) is 4.26. The summed E-state index contributed by atoms with van der Waals surface area (Å²) >= 11 is 0. The van der Waals surface area contributed by atoms with E-state index in [0.717, 1.165) is 40.9 Å². The third kappa shape index (κ3) is 2.88. The smallest absolute Gasteiger partial charge is 0.190 e. The highest BCUT2D eigenvalue weighted by atomic mass is 16.5. The second kappa shape index (κ2) is 7.01. The van der Waals surface area contributed by atoms with E-state index in [9.17, 15) is 4.79 Å². The van der Waals surface area contributed by atoms with Gasteiger partial charge in [0, 0.05) is 28.3 Å². The summed E-state index contributed by atoms with van der Waals surface area (Å²) in [6.07, 6.45) is 1.62. The van der Waals surface area contributed by atoms with Gasteiger partial charge in [-0.3, -0.25) is 4.79 Å². The van der Waals surface area contributed by atoms with Crippen molar-refractivity contribution in [2.24, 2.45) is 0 Å². The molecule has 1 aliphatic rings. The average molecular weight is 338 g/mol. The molecule has 0 atom stereocenters. The van der Waals surface area contributed by atoms with Gasteiger partial charge in [-0.1, -0.05) is 25.5 Å². The molecule has 0 aliphatic heterocycles. The van der Waals surface area contributed by atoms with E-state index >= 15 is 0 Å². The van der Waals surface area contributed by atoms with Gasteiger partial charge in [-0.05, 0) is 30.2 Å². The summed E-state index contributed by atoms with van der Waals surface area (Å²) in [5.74, 6) is 2.11. The Morgan fingerprint density at radius 3 is 2.12 bits per heavy atom. The predicted molar refractivity (Wildman–Crippen MR) is 97.8 cm³/mol. The number of ketones is 1. The van der Waals surface area contributed by atoms with Crippen LogP contribution in [0, 0.1) is 0 Å². The fourth-order valence-electron chi connectivity index (χ4n) is 3.30. The van der Waals surface area contributed by atoms with Crippen LogP contribution in [0.2, 0.25) is 0 Å². The SMILES string of the molecule is CCCC1=C(c2ccc(OC)cc2)c2c(OC)cc(OC)cc2C1=O. The van der Waals surface area contributed by atoms with E-state index in [1.807, 2.05) is 30.3 Å². The lowest BCUT2D eigenvalue weighted by Gasteiger charge is -2.13. The van der Waals surface area contributed by atoms with Crippen LogP contribution < -0.4 is 14.2 Å². The van der Waals surface area contributed by atoms with Gasteiger partial charge < -0.3 is 14.2 Å². The van der Waals surface area contributed by atoms with Crippen molar-refractivity contribution < 1.29 is 19.0 Å². The van der Waals surface area contributed by atoms with Gasteiger partial charge in [0.25, 0.3) is 0 Å². The molecule has 0 fully saturated rings. The lowest BCUT2D eigenvalue weighted by molar-refractivity contribution is 0.103. The first-order valence-electron chi connectivity index (χ1n) is 8.33. The van der Waals surface area contributed by atoms with Gasteiger partial charge in [0.05, 0.1) is 21.3 Å². The van der Waals surface area contributed by atoms with Crippen LogP contribution in [0.1, 0.15) is 41.3 Å². The summed E-state index contributed by atoms with van der Waals surface area (Å²) in [5, 5.41) is 0. The van der Waals surface area contributed by atoms with Crippen LogP contribution >= 0.6 is 0 Å². The molecule has 0 heterocycles. The minimum absolute atomic E-state index is 0.0554. The number of rotatable bonds is 6. The molecule has 0 unspecified atom stereocenters. The number of hydrogen-bond donors (Lipinski definition) is 0. The molecule has 2 aromatic carbocycles. The van der Waals surface area contributed by atoms with Gasteiger partial charge in [-0.2, -0.15) is 0 Å². The molecule has 3 rings (SSSR count). The maximum Gasteiger partial charge on any atom is 0.190 e. The summed E-state index contributed by atoms with van der Waals surface area (Å²) in [6, 6.07) is 11.4. The van der Waals surface area contributed by atoms with E-state index in [1.54, 1.807) is 27.4 Å². The topological polar surface area (TPSA) is 44.8 Å². The van der Waals surface area contributed by atoms with Crippen molar-refractivity contribution in [3.63, 3.8) is 0 Å². The fourth-order valence-corrected chi connectivity index (χ4v) is 3.30. The van der Waals surface area contributed by atoms with Gasteiger partial charge in [-0.25, -0.2) is 0 Å². The first-order valence-corrected chi connectivity index (χ1v) is 8.33. The number of carbonyl (C=O) groups is 1. The van der Waals surface area contributed by atoms with Crippen LogP contribution in [0.15, 0.2) is 42.0 Å². The Labute approximate surface area is 148 Å².